The second-order valence-corrected chi connectivity index (χ2v) is 6.89. The van der Waals surface area contributed by atoms with Gasteiger partial charge in [-0.1, -0.05) is 20.8 Å². The summed E-state index contributed by atoms with van der Waals surface area (Å²) >= 11 is 3.50. The highest BCUT2D eigenvalue weighted by atomic mass is 79.9. The van der Waals surface area contributed by atoms with E-state index in [1.807, 2.05) is 6.07 Å². The predicted octanol–water partition coefficient (Wildman–Crippen LogP) is 3.15. The minimum absolute atomic E-state index is 0.0466. The Balaban J connectivity index is 2.26. The zero-order valence-electron chi connectivity index (χ0n) is 12.1. The summed E-state index contributed by atoms with van der Waals surface area (Å²) in [5.74, 6) is 1.86. The fourth-order valence-electron chi connectivity index (χ4n) is 2.18. The van der Waals surface area contributed by atoms with Gasteiger partial charge in [-0.25, -0.2) is 9.97 Å². The highest BCUT2D eigenvalue weighted by Gasteiger charge is 2.23. The summed E-state index contributed by atoms with van der Waals surface area (Å²) in [6.07, 6.45) is 2.12. The summed E-state index contributed by atoms with van der Waals surface area (Å²) in [7, 11) is 2.11. The zero-order chi connectivity index (χ0) is 14.0. The predicted molar refractivity (Wildman–Crippen MR) is 80.7 cm³/mol. The third-order valence-electron chi connectivity index (χ3n) is 3.45. The standard InChI is InChI=1S/C14H22BrN3O/c1-14(2,3)13-16-11(15)9-12(17-13)18(4)10-5-7-19-8-6-10/h9-10H,5-8H2,1-4H3. The Labute approximate surface area is 123 Å². The van der Waals surface area contributed by atoms with Gasteiger partial charge in [-0.15, -0.1) is 0 Å². The lowest BCUT2D eigenvalue weighted by Gasteiger charge is -2.32. The first-order valence-corrected chi connectivity index (χ1v) is 7.53. The topological polar surface area (TPSA) is 38.2 Å². The van der Waals surface area contributed by atoms with Gasteiger partial charge in [0.05, 0.1) is 0 Å². The van der Waals surface area contributed by atoms with Gasteiger partial charge in [-0.2, -0.15) is 0 Å². The summed E-state index contributed by atoms with van der Waals surface area (Å²) in [6.45, 7) is 8.08. The number of nitrogens with zero attached hydrogens (tertiary/aromatic N) is 3. The number of hydrogen-bond donors (Lipinski definition) is 0. The highest BCUT2D eigenvalue weighted by molar-refractivity contribution is 9.10. The van der Waals surface area contributed by atoms with Crippen LogP contribution in [-0.4, -0.2) is 36.3 Å². The van der Waals surface area contributed by atoms with Crippen LogP contribution in [0.5, 0.6) is 0 Å². The van der Waals surface area contributed by atoms with Gasteiger partial charge in [-0.3, -0.25) is 0 Å². The van der Waals surface area contributed by atoms with Gasteiger partial charge >= 0.3 is 0 Å². The van der Waals surface area contributed by atoms with Crippen LogP contribution >= 0.6 is 15.9 Å². The molecule has 0 bridgehead atoms. The molecule has 5 heteroatoms. The molecule has 0 aliphatic carbocycles. The van der Waals surface area contributed by atoms with Crippen molar-refractivity contribution in [1.82, 2.24) is 9.97 Å². The molecule has 106 valence electrons. The molecule has 0 spiro atoms. The molecule has 4 nitrogen and oxygen atoms in total. The second-order valence-electron chi connectivity index (χ2n) is 6.08. The first-order chi connectivity index (χ1) is 8.88. The first-order valence-electron chi connectivity index (χ1n) is 6.73. The van der Waals surface area contributed by atoms with E-state index in [0.717, 1.165) is 42.3 Å². The molecule has 0 saturated carbocycles. The molecular weight excluding hydrogens is 306 g/mol. The van der Waals surface area contributed by atoms with Crippen LogP contribution in [0.25, 0.3) is 0 Å². The molecule has 1 aliphatic rings. The molecule has 1 saturated heterocycles. The van der Waals surface area contributed by atoms with E-state index in [1.54, 1.807) is 0 Å². The van der Waals surface area contributed by atoms with Gasteiger partial charge in [0, 0.05) is 37.8 Å². The summed E-state index contributed by atoms with van der Waals surface area (Å²) in [5.41, 5.74) is -0.0466. The van der Waals surface area contributed by atoms with Crippen molar-refractivity contribution in [2.45, 2.75) is 45.1 Å². The van der Waals surface area contributed by atoms with Crippen LogP contribution in [-0.2, 0) is 10.2 Å². The maximum atomic E-state index is 5.42. The molecule has 2 rings (SSSR count). The van der Waals surface area contributed by atoms with Crippen molar-refractivity contribution in [2.75, 3.05) is 25.2 Å². The fraction of sp³-hybridized carbons (Fsp3) is 0.714. The first kappa shape index (κ1) is 14.7. The number of ether oxygens (including phenoxy) is 1. The van der Waals surface area contributed by atoms with Gasteiger partial charge in [0.2, 0.25) is 0 Å². The number of hydrogen-bond acceptors (Lipinski definition) is 4. The zero-order valence-corrected chi connectivity index (χ0v) is 13.7. The molecule has 2 heterocycles. The van der Waals surface area contributed by atoms with Crippen LogP contribution in [0.4, 0.5) is 5.82 Å². The van der Waals surface area contributed by atoms with Crippen LogP contribution in [0, 0.1) is 0 Å². The Bertz CT molecular complexity index is 439. The number of aromatic nitrogens is 2. The molecular formula is C14H22BrN3O. The molecule has 0 N–H and O–H groups in total. The molecule has 0 aromatic carbocycles. The minimum Gasteiger partial charge on any atom is -0.381 e. The monoisotopic (exact) mass is 327 g/mol. The second kappa shape index (κ2) is 5.75. The molecule has 19 heavy (non-hydrogen) atoms. The smallest absolute Gasteiger partial charge is 0.137 e. The fourth-order valence-corrected chi connectivity index (χ4v) is 2.55. The van der Waals surface area contributed by atoms with E-state index in [-0.39, 0.29) is 5.41 Å². The summed E-state index contributed by atoms with van der Waals surface area (Å²) in [4.78, 5) is 11.5. The number of anilines is 1. The molecule has 0 unspecified atom stereocenters. The van der Waals surface area contributed by atoms with E-state index in [4.69, 9.17) is 9.72 Å². The maximum Gasteiger partial charge on any atom is 0.137 e. The largest absolute Gasteiger partial charge is 0.381 e. The molecule has 0 amide bonds. The lowest BCUT2D eigenvalue weighted by Crippen LogP contribution is -2.37. The van der Waals surface area contributed by atoms with E-state index in [9.17, 15) is 0 Å². The van der Waals surface area contributed by atoms with Crippen molar-refractivity contribution in [3.05, 3.63) is 16.5 Å². The van der Waals surface area contributed by atoms with Crippen molar-refractivity contribution >= 4 is 21.7 Å². The van der Waals surface area contributed by atoms with Crippen LogP contribution in [0.1, 0.15) is 39.4 Å². The Kier molecular flexibility index (Phi) is 4.46. The summed E-state index contributed by atoms with van der Waals surface area (Å²) in [5, 5.41) is 0. The van der Waals surface area contributed by atoms with Crippen LogP contribution in [0.15, 0.2) is 10.7 Å². The Morgan fingerprint density at radius 2 is 1.89 bits per heavy atom. The van der Waals surface area contributed by atoms with Crippen LogP contribution in [0.3, 0.4) is 0 Å². The average Bonchev–Trinajstić information content (AvgIpc) is 2.37. The van der Waals surface area contributed by atoms with E-state index < -0.39 is 0 Å². The third-order valence-corrected chi connectivity index (χ3v) is 3.86. The van der Waals surface area contributed by atoms with E-state index >= 15 is 0 Å². The molecule has 1 fully saturated rings. The minimum atomic E-state index is -0.0466. The maximum absolute atomic E-state index is 5.42. The molecule has 1 aromatic heterocycles. The normalized spacial score (nSPS) is 17.5. The van der Waals surface area contributed by atoms with Crippen molar-refractivity contribution in [2.24, 2.45) is 0 Å². The van der Waals surface area contributed by atoms with Crippen molar-refractivity contribution in [1.29, 1.82) is 0 Å². The van der Waals surface area contributed by atoms with Crippen LogP contribution in [0.2, 0.25) is 0 Å². The highest BCUT2D eigenvalue weighted by Crippen LogP contribution is 2.26. The Morgan fingerprint density at radius 1 is 1.26 bits per heavy atom. The SMILES string of the molecule is CN(c1cc(Br)nc(C(C)(C)C)n1)C1CCOCC1. The number of halogens is 1. The van der Waals surface area contributed by atoms with Gasteiger partial charge < -0.3 is 9.64 Å². The van der Waals surface area contributed by atoms with Gasteiger partial charge in [0.15, 0.2) is 0 Å². The van der Waals surface area contributed by atoms with Crippen molar-refractivity contribution in [3.8, 4) is 0 Å². The van der Waals surface area contributed by atoms with E-state index in [0.29, 0.717) is 6.04 Å². The molecule has 1 aromatic rings. The Hall–Kier alpha value is -0.680. The average molecular weight is 328 g/mol. The Morgan fingerprint density at radius 3 is 2.47 bits per heavy atom. The lowest BCUT2D eigenvalue weighted by atomic mass is 9.96. The van der Waals surface area contributed by atoms with Crippen molar-refractivity contribution < 1.29 is 4.74 Å². The van der Waals surface area contributed by atoms with Gasteiger partial charge in [0.1, 0.15) is 16.2 Å². The third kappa shape index (κ3) is 3.66. The van der Waals surface area contributed by atoms with Gasteiger partial charge in [-0.05, 0) is 28.8 Å². The summed E-state index contributed by atoms with van der Waals surface area (Å²) in [6, 6.07) is 2.49. The lowest BCUT2D eigenvalue weighted by molar-refractivity contribution is 0.0853. The number of rotatable bonds is 2. The molecule has 0 radical (unpaired) electrons. The van der Waals surface area contributed by atoms with E-state index in [1.165, 1.54) is 0 Å². The van der Waals surface area contributed by atoms with Crippen LogP contribution < -0.4 is 4.90 Å². The van der Waals surface area contributed by atoms with Crippen molar-refractivity contribution in [3.63, 3.8) is 0 Å². The molecule has 1 aliphatic heterocycles. The van der Waals surface area contributed by atoms with Gasteiger partial charge in [0.25, 0.3) is 0 Å². The molecule has 0 atom stereocenters. The quantitative estimate of drug-likeness (QED) is 0.782. The summed E-state index contributed by atoms with van der Waals surface area (Å²) < 4.78 is 6.27. The van der Waals surface area contributed by atoms with E-state index in [2.05, 4.69) is 53.6 Å².